The first-order valence-electron chi connectivity index (χ1n) is 6.77. The molecule has 1 N–H and O–H groups in total. The van der Waals surface area contributed by atoms with E-state index in [0.717, 1.165) is 31.6 Å². The third-order valence-electron chi connectivity index (χ3n) is 4.34. The van der Waals surface area contributed by atoms with Crippen LogP contribution < -0.4 is 0 Å². The minimum Gasteiger partial charge on any atom is -0.389 e. The average molecular weight is 232 g/mol. The molecule has 1 aliphatic rings. The van der Waals surface area contributed by atoms with Crippen molar-refractivity contribution in [1.29, 1.82) is 0 Å². The maximum atomic E-state index is 10.8. The van der Waals surface area contributed by atoms with Crippen LogP contribution in [-0.2, 0) is 6.42 Å². The van der Waals surface area contributed by atoms with E-state index in [2.05, 4.69) is 45.0 Å². The average Bonchev–Trinajstić information content (AvgIpc) is 2.25. The maximum Gasteiger partial charge on any atom is 0.0713 e. The van der Waals surface area contributed by atoms with Crippen molar-refractivity contribution in [3.63, 3.8) is 0 Å². The summed E-state index contributed by atoms with van der Waals surface area (Å²) >= 11 is 0. The summed E-state index contributed by atoms with van der Waals surface area (Å²) in [5, 5.41) is 10.8. The van der Waals surface area contributed by atoms with Crippen molar-refractivity contribution in [3.05, 3.63) is 35.4 Å². The van der Waals surface area contributed by atoms with Crippen LogP contribution in [0.3, 0.4) is 0 Å². The van der Waals surface area contributed by atoms with Crippen LogP contribution in [0.15, 0.2) is 24.3 Å². The molecule has 0 saturated heterocycles. The van der Waals surface area contributed by atoms with Crippen molar-refractivity contribution in [2.75, 3.05) is 0 Å². The van der Waals surface area contributed by atoms with Gasteiger partial charge >= 0.3 is 0 Å². The molecule has 0 aromatic heterocycles. The zero-order valence-corrected chi connectivity index (χ0v) is 11.2. The first-order chi connectivity index (χ1) is 7.99. The summed E-state index contributed by atoms with van der Waals surface area (Å²) in [6.07, 6.45) is 4.07. The van der Waals surface area contributed by atoms with Crippen LogP contribution >= 0.6 is 0 Å². The highest BCUT2D eigenvalue weighted by Crippen LogP contribution is 2.38. The topological polar surface area (TPSA) is 20.2 Å². The van der Waals surface area contributed by atoms with Gasteiger partial charge in [-0.1, -0.05) is 43.7 Å². The van der Waals surface area contributed by atoms with Gasteiger partial charge in [0.1, 0.15) is 0 Å². The fraction of sp³-hybridized carbons (Fsp3) is 0.625. The minimum absolute atomic E-state index is 0.409. The molecular weight excluding hydrogens is 208 g/mol. The molecule has 1 aliphatic carbocycles. The highest BCUT2D eigenvalue weighted by molar-refractivity contribution is 5.24. The number of aryl methyl sites for hydroxylation is 1. The minimum atomic E-state index is -0.486. The molecule has 3 unspecified atom stereocenters. The second-order valence-corrected chi connectivity index (χ2v) is 6.05. The van der Waals surface area contributed by atoms with Crippen LogP contribution in [0.25, 0.3) is 0 Å². The van der Waals surface area contributed by atoms with E-state index in [4.69, 9.17) is 0 Å². The van der Waals surface area contributed by atoms with Crippen molar-refractivity contribution in [2.45, 2.75) is 52.1 Å². The quantitative estimate of drug-likeness (QED) is 0.824. The molecule has 1 saturated carbocycles. The lowest BCUT2D eigenvalue weighted by atomic mass is 9.70. The van der Waals surface area contributed by atoms with Gasteiger partial charge in [-0.25, -0.2) is 0 Å². The molecule has 1 fully saturated rings. The second-order valence-electron chi connectivity index (χ2n) is 6.05. The normalized spacial score (nSPS) is 33.6. The zero-order valence-electron chi connectivity index (χ0n) is 11.2. The molecule has 3 atom stereocenters. The van der Waals surface area contributed by atoms with Crippen LogP contribution in [0.1, 0.15) is 44.2 Å². The van der Waals surface area contributed by atoms with Crippen LogP contribution in [0, 0.1) is 18.8 Å². The van der Waals surface area contributed by atoms with Crippen molar-refractivity contribution in [2.24, 2.45) is 11.8 Å². The zero-order chi connectivity index (χ0) is 12.5. The molecule has 1 aromatic rings. The van der Waals surface area contributed by atoms with Gasteiger partial charge in [0.15, 0.2) is 0 Å². The molecule has 2 rings (SSSR count). The van der Waals surface area contributed by atoms with Crippen LogP contribution in [0.5, 0.6) is 0 Å². The standard InChI is InChI=1S/C16H24O/c1-12-5-4-6-15(10-12)11-16(17)8-7-13(2)9-14(16)3/h4-6,10,13-14,17H,7-9,11H2,1-3H3. The summed E-state index contributed by atoms with van der Waals surface area (Å²) in [6.45, 7) is 6.61. The molecule has 0 amide bonds. The number of rotatable bonds is 2. The number of hydrogen-bond acceptors (Lipinski definition) is 1. The Morgan fingerprint density at radius 2 is 2.12 bits per heavy atom. The lowest BCUT2D eigenvalue weighted by Crippen LogP contribution is -2.43. The fourth-order valence-corrected chi connectivity index (χ4v) is 3.12. The van der Waals surface area contributed by atoms with E-state index < -0.39 is 5.60 Å². The van der Waals surface area contributed by atoms with Gasteiger partial charge in [-0.15, -0.1) is 0 Å². The van der Waals surface area contributed by atoms with E-state index >= 15 is 0 Å². The Hall–Kier alpha value is -0.820. The van der Waals surface area contributed by atoms with E-state index in [-0.39, 0.29) is 0 Å². The lowest BCUT2D eigenvalue weighted by molar-refractivity contribution is -0.0522. The molecule has 17 heavy (non-hydrogen) atoms. The van der Waals surface area contributed by atoms with Gasteiger partial charge < -0.3 is 5.11 Å². The Morgan fingerprint density at radius 3 is 2.76 bits per heavy atom. The van der Waals surface area contributed by atoms with Gasteiger partial charge in [0.2, 0.25) is 0 Å². The van der Waals surface area contributed by atoms with E-state index in [1.54, 1.807) is 0 Å². The van der Waals surface area contributed by atoms with Crippen molar-refractivity contribution >= 4 is 0 Å². The molecule has 0 radical (unpaired) electrons. The van der Waals surface area contributed by atoms with Gasteiger partial charge in [-0.05, 0) is 43.6 Å². The Bertz CT molecular complexity index is 385. The van der Waals surface area contributed by atoms with Gasteiger partial charge in [-0.3, -0.25) is 0 Å². The monoisotopic (exact) mass is 232 g/mol. The summed E-state index contributed by atoms with van der Waals surface area (Å²) in [6, 6.07) is 8.53. The van der Waals surface area contributed by atoms with E-state index in [1.807, 2.05) is 0 Å². The SMILES string of the molecule is Cc1cccc(CC2(O)CCC(C)CC2C)c1. The molecule has 0 bridgehead atoms. The van der Waals surface area contributed by atoms with E-state index in [1.165, 1.54) is 11.1 Å². The number of aliphatic hydroxyl groups is 1. The summed E-state index contributed by atoms with van der Waals surface area (Å²) in [5.41, 5.74) is 2.07. The van der Waals surface area contributed by atoms with E-state index in [9.17, 15) is 5.11 Å². The Labute approximate surface area is 105 Å². The smallest absolute Gasteiger partial charge is 0.0713 e. The Kier molecular flexibility index (Phi) is 3.58. The largest absolute Gasteiger partial charge is 0.389 e. The summed E-state index contributed by atoms with van der Waals surface area (Å²) in [4.78, 5) is 0. The molecule has 1 nitrogen and oxygen atoms in total. The predicted octanol–water partition coefficient (Wildman–Crippen LogP) is 3.72. The molecule has 0 aliphatic heterocycles. The molecule has 0 heterocycles. The summed E-state index contributed by atoms with van der Waals surface area (Å²) in [5.74, 6) is 1.18. The van der Waals surface area contributed by atoms with Crippen molar-refractivity contribution in [1.82, 2.24) is 0 Å². The molecule has 0 spiro atoms. The third kappa shape index (κ3) is 2.90. The highest BCUT2D eigenvalue weighted by Gasteiger charge is 2.38. The number of hydrogen-bond donors (Lipinski definition) is 1. The number of benzene rings is 1. The van der Waals surface area contributed by atoms with Crippen LogP contribution in [-0.4, -0.2) is 10.7 Å². The fourth-order valence-electron chi connectivity index (χ4n) is 3.12. The highest BCUT2D eigenvalue weighted by atomic mass is 16.3. The molecular formula is C16H24O. The molecule has 1 heteroatoms. The van der Waals surface area contributed by atoms with E-state index in [0.29, 0.717) is 5.92 Å². The predicted molar refractivity (Wildman–Crippen MR) is 72.0 cm³/mol. The van der Waals surface area contributed by atoms with Gasteiger partial charge in [-0.2, -0.15) is 0 Å². The first-order valence-corrected chi connectivity index (χ1v) is 6.77. The van der Waals surface area contributed by atoms with Crippen molar-refractivity contribution < 1.29 is 5.11 Å². The Balaban J connectivity index is 2.11. The lowest BCUT2D eigenvalue weighted by Gasteiger charge is -2.41. The van der Waals surface area contributed by atoms with Gasteiger partial charge in [0.05, 0.1) is 5.60 Å². The van der Waals surface area contributed by atoms with Gasteiger partial charge in [0.25, 0.3) is 0 Å². The molecule has 1 aromatic carbocycles. The van der Waals surface area contributed by atoms with Gasteiger partial charge in [0, 0.05) is 6.42 Å². The maximum absolute atomic E-state index is 10.8. The summed E-state index contributed by atoms with van der Waals surface area (Å²) in [7, 11) is 0. The van der Waals surface area contributed by atoms with Crippen molar-refractivity contribution in [3.8, 4) is 0 Å². The molecule has 94 valence electrons. The first kappa shape index (κ1) is 12.6. The summed E-state index contributed by atoms with van der Waals surface area (Å²) < 4.78 is 0. The Morgan fingerprint density at radius 1 is 1.35 bits per heavy atom. The second kappa shape index (κ2) is 4.81. The van der Waals surface area contributed by atoms with Crippen LogP contribution in [0.2, 0.25) is 0 Å². The third-order valence-corrected chi connectivity index (χ3v) is 4.34. The van der Waals surface area contributed by atoms with Crippen LogP contribution in [0.4, 0.5) is 0 Å².